The molecule has 1 heterocycles. The van der Waals surface area contributed by atoms with Gasteiger partial charge in [0.2, 0.25) is 0 Å². The summed E-state index contributed by atoms with van der Waals surface area (Å²) in [6, 6.07) is 1.74. The number of aliphatic hydroxyl groups excluding tert-OH is 1. The van der Waals surface area contributed by atoms with E-state index < -0.39 is 0 Å². The number of nitrogens with zero attached hydrogens (tertiary/aromatic N) is 2. The van der Waals surface area contributed by atoms with Crippen molar-refractivity contribution in [3.63, 3.8) is 0 Å². The first kappa shape index (κ1) is 10.7. The number of aromatic nitrogens is 2. The van der Waals surface area contributed by atoms with Crippen LogP contribution in [0.2, 0.25) is 0 Å². The largest absolute Gasteiger partial charge is 0.394 e. The first-order chi connectivity index (χ1) is 6.63. The second kappa shape index (κ2) is 4.76. The molecule has 0 saturated carbocycles. The van der Waals surface area contributed by atoms with Crippen molar-refractivity contribution < 1.29 is 5.11 Å². The van der Waals surface area contributed by atoms with Gasteiger partial charge in [0.1, 0.15) is 0 Å². The zero-order valence-electron chi connectivity index (χ0n) is 8.40. The van der Waals surface area contributed by atoms with E-state index in [1.165, 1.54) is 10.7 Å². The van der Waals surface area contributed by atoms with Crippen LogP contribution < -0.4 is 10.9 Å². The molecule has 0 aliphatic carbocycles. The average molecular weight is 197 g/mol. The summed E-state index contributed by atoms with van der Waals surface area (Å²) >= 11 is 0. The number of hydrogen-bond acceptors (Lipinski definition) is 4. The molecule has 14 heavy (non-hydrogen) atoms. The van der Waals surface area contributed by atoms with Crippen LogP contribution in [0.3, 0.4) is 0 Å². The highest BCUT2D eigenvalue weighted by atomic mass is 16.3. The van der Waals surface area contributed by atoms with E-state index in [1.54, 1.807) is 6.20 Å². The third-order valence-electron chi connectivity index (χ3n) is 1.64. The number of hydrogen-bond donors (Lipinski definition) is 2. The van der Waals surface area contributed by atoms with Gasteiger partial charge in [-0.05, 0) is 13.8 Å². The van der Waals surface area contributed by atoms with Crippen LogP contribution in [0.5, 0.6) is 0 Å². The molecule has 0 aliphatic rings. The van der Waals surface area contributed by atoms with E-state index in [4.69, 9.17) is 5.11 Å². The molecule has 78 valence electrons. The predicted molar refractivity (Wildman–Crippen MR) is 54.3 cm³/mol. The Kier molecular flexibility index (Phi) is 3.64. The lowest BCUT2D eigenvalue weighted by Gasteiger charge is -2.09. The van der Waals surface area contributed by atoms with Crippen molar-refractivity contribution >= 4 is 5.69 Å². The highest BCUT2D eigenvalue weighted by molar-refractivity contribution is 5.39. The molecule has 5 nitrogen and oxygen atoms in total. The van der Waals surface area contributed by atoms with Crippen LogP contribution in [0.25, 0.3) is 0 Å². The number of nitrogens with one attached hydrogen (secondary N) is 1. The lowest BCUT2D eigenvalue weighted by Crippen LogP contribution is -2.24. The minimum Gasteiger partial charge on any atom is -0.394 e. The highest BCUT2D eigenvalue weighted by Crippen LogP contribution is 2.01. The molecular weight excluding hydrogens is 182 g/mol. The van der Waals surface area contributed by atoms with Gasteiger partial charge in [-0.15, -0.1) is 0 Å². The summed E-state index contributed by atoms with van der Waals surface area (Å²) in [6.07, 6.45) is 1.58. The SMILES string of the molecule is CC(C)Nc1cnn(CCO)c(=O)c1. The minimum absolute atomic E-state index is 0.0795. The monoisotopic (exact) mass is 197 g/mol. The van der Waals surface area contributed by atoms with Crippen LogP contribution in [0, 0.1) is 0 Å². The van der Waals surface area contributed by atoms with Crippen LogP contribution in [0.15, 0.2) is 17.1 Å². The van der Waals surface area contributed by atoms with Gasteiger partial charge < -0.3 is 10.4 Å². The van der Waals surface area contributed by atoms with Gasteiger partial charge in [0.05, 0.1) is 25.0 Å². The lowest BCUT2D eigenvalue weighted by atomic mass is 10.3. The van der Waals surface area contributed by atoms with Crippen LogP contribution in [0.1, 0.15) is 13.8 Å². The maximum atomic E-state index is 11.4. The van der Waals surface area contributed by atoms with E-state index in [2.05, 4.69) is 10.4 Å². The fourth-order valence-corrected chi connectivity index (χ4v) is 1.11. The second-order valence-electron chi connectivity index (χ2n) is 3.33. The van der Waals surface area contributed by atoms with E-state index >= 15 is 0 Å². The van der Waals surface area contributed by atoms with Crippen molar-refractivity contribution in [3.8, 4) is 0 Å². The fourth-order valence-electron chi connectivity index (χ4n) is 1.11. The van der Waals surface area contributed by atoms with Gasteiger partial charge in [-0.1, -0.05) is 0 Å². The molecule has 0 radical (unpaired) electrons. The maximum absolute atomic E-state index is 11.4. The number of aliphatic hydroxyl groups is 1. The summed E-state index contributed by atoms with van der Waals surface area (Å²) in [5.74, 6) is 0. The third kappa shape index (κ3) is 2.85. The van der Waals surface area contributed by atoms with Gasteiger partial charge in [-0.25, -0.2) is 4.68 Å². The third-order valence-corrected chi connectivity index (χ3v) is 1.64. The fraction of sp³-hybridized carbons (Fsp3) is 0.556. The molecule has 0 aliphatic heterocycles. The molecule has 1 aromatic rings. The van der Waals surface area contributed by atoms with E-state index in [0.29, 0.717) is 5.69 Å². The Balaban J connectivity index is 2.84. The van der Waals surface area contributed by atoms with E-state index in [-0.39, 0.29) is 24.8 Å². The summed E-state index contributed by atoms with van der Waals surface area (Å²) in [4.78, 5) is 11.4. The molecule has 1 aromatic heterocycles. The van der Waals surface area contributed by atoms with Crippen LogP contribution in [-0.2, 0) is 6.54 Å². The van der Waals surface area contributed by atoms with E-state index in [9.17, 15) is 4.79 Å². The Bertz CT molecular complexity index is 346. The van der Waals surface area contributed by atoms with Gasteiger partial charge in [0.15, 0.2) is 0 Å². The molecule has 0 aromatic carbocycles. The summed E-state index contributed by atoms with van der Waals surface area (Å²) < 4.78 is 1.23. The number of rotatable bonds is 4. The van der Waals surface area contributed by atoms with Crippen molar-refractivity contribution in [2.75, 3.05) is 11.9 Å². The Morgan fingerprint density at radius 1 is 1.64 bits per heavy atom. The molecule has 0 amide bonds. The standard InChI is InChI=1S/C9H15N3O2/c1-7(2)11-8-5-9(14)12(3-4-13)10-6-8/h5-7,11,13H,3-4H2,1-2H3. The number of anilines is 1. The molecule has 0 unspecified atom stereocenters. The lowest BCUT2D eigenvalue weighted by molar-refractivity contribution is 0.266. The molecule has 2 N–H and O–H groups in total. The van der Waals surface area contributed by atoms with Crippen molar-refractivity contribution in [2.24, 2.45) is 0 Å². The highest BCUT2D eigenvalue weighted by Gasteiger charge is 2.00. The van der Waals surface area contributed by atoms with Crippen molar-refractivity contribution in [1.29, 1.82) is 0 Å². The zero-order chi connectivity index (χ0) is 10.6. The first-order valence-electron chi connectivity index (χ1n) is 4.58. The smallest absolute Gasteiger partial charge is 0.268 e. The Morgan fingerprint density at radius 3 is 2.86 bits per heavy atom. The molecule has 0 atom stereocenters. The topological polar surface area (TPSA) is 67.2 Å². The van der Waals surface area contributed by atoms with Crippen LogP contribution in [-0.4, -0.2) is 27.5 Å². The second-order valence-corrected chi connectivity index (χ2v) is 3.33. The zero-order valence-corrected chi connectivity index (χ0v) is 8.40. The maximum Gasteiger partial charge on any atom is 0.268 e. The van der Waals surface area contributed by atoms with Crippen molar-refractivity contribution in [2.45, 2.75) is 26.4 Å². The van der Waals surface area contributed by atoms with Crippen LogP contribution in [0.4, 0.5) is 5.69 Å². The normalized spacial score (nSPS) is 10.6. The molecule has 0 fully saturated rings. The molecule has 1 rings (SSSR count). The van der Waals surface area contributed by atoms with Gasteiger partial charge in [0, 0.05) is 12.1 Å². The summed E-state index contributed by atoms with van der Waals surface area (Å²) in [5, 5.41) is 15.6. The first-order valence-corrected chi connectivity index (χ1v) is 4.58. The van der Waals surface area contributed by atoms with Gasteiger partial charge >= 0.3 is 0 Å². The predicted octanol–water partition coefficient (Wildman–Crippen LogP) is 0.0559. The minimum atomic E-state index is -0.204. The molecule has 0 spiro atoms. The van der Waals surface area contributed by atoms with Gasteiger partial charge in [0.25, 0.3) is 5.56 Å². The van der Waals surface area contributed by atoms with Crippen molar-refractivity contribution in [1.82, 2.24) is 9.78 Å². The van der Waals surface area contributed by atoms with E-state index in [0.717, 1.165) is 0 Å². The summed E-state index contributed by atoms with van der Waals surface area (Å²) in [7, 11) is 0. The summed E-state index contributed by atoms with van der Waals surface area (Å²) in [5.41, 5.74) is 0.504. The van der Waals surface area contributed by atoms with Gasteiger partial charge in [-0.3, -0.25) is 4.79 Å². The Hall–Kier alpha value is -1.36. The molecule has 0 saturated heterocycles. The Labute approximate surface area is 82.4 Å². The Morgan fingerprint density at radius 2 is 2.36 bits per heavy atom. The summed E-state index contributed by atoms with van der Waals surface area (Å²) in [6.45, 7) is 4.13. The van der Waals surface area contributed by atoms with Gasteiger partial charge in [-0.2, -0.15) is 5.10 Å². The van der Waals surface area contributed by atoms with Crippen LogP contribution >= 0.6 is 0 Å². The van der Waals surface area contributed by atoms with Crippen molar-refractivity contribution in [3.05, 3.63) is 22.6 Å². The average Bonchev–Trinajstić information content (AvgIpc) is 2.09. The molecule has 5 heteroatoms. The quantitative estimate of drug-likeness (QED) is 0.716. The molecular formula is C9H15N3O2. The molecule has 0 bridgehead atoms. The van der Waals surface area contributed by atoms with E-state index in [1.807, 2.05) is 13.8 Å².